The summed E-state index contributed by atoms with van der Waals surface area (Å²) in [6, 6.07) is 2.01. The molecule has 1 aromatic heterocycles. The first-order valence-electron chi connectivity index (χ1n) is 9.46. The summed E-state index contributed by atoms with van der Waals surface area (Å²) in [7, 11) is 1.62. The van der Waals surface area contributed by atoms with E-state index in [2.05, 4.69) is 5.32 Å². The summed E-state index contributed by atoms with van der Waals surface area (Å²) in [4.78, 5) is 28.7. The second-order valence-corrected chi connectivity index (χ2v) is 8.53. The summed E-state index contributed by atoms with van der Waals surface area (Å²) in [5.41, 5.74) is 0.847. The fraction of sp³-hybridized carbons (Fsp3) is 0.684. The van der Waals surface area contributed by atoms with Crippen molar-refractivity contribution in [2.45, 2.75) is 37.7 Å². The van der Waals surface area contributed by atoms with Crippen LogP contribution in [0.4, 0.5) is 0 Å². The zero-order valence-electron chi connectivity index (χ0n) is 15.2. The molecule has 26 heavy (non-hydrogen) atoms. The van der Waals surface area contributed by atoms with Crippen LogP contribution in [-0.4, -0.2) is 56.7 Å². The van der Waals surface area contributed by atoms with Crippen LogP contribution in [0.25, 0.3) is 0 Å². The van der Waals surface area contributed by atoms with Gasteiger partial charge in [0.15, 0.2) is 0 Å². The van der Waals surface area contributed by atoms with Gasteiger partial charge in [-0.15, -0.1) is 11.3 Å². The molecule has 2 fully saturated rings. The number of carbonyl (C=O) groups is 2. The van der Waals surface area contributed by atoms with Crippen LogP contribution in [0, 0.1) is 5.92 Å². The zero-order chi connectivity index (χ0) is 18.1. The first kappa shape index (κ1) is 17.9. The molecule has 2 amide bonds. The Morgan fingerprint density at radius 3 is 2.85 bits per heavy atom. The Kier molecular flexibility index (Phi) is 5.03. The molecular weight excluding hydrogens is 352 g/mol. The van der Waals surface area contributed by atoms with E-state index in [0.29, 0.717) is 25.7 Å². The lowest BCUT2D eigenvalue weighted by molar-refractivity contribution is -0.141. The van der Waals surface area contributed by atoms with Crippen molar-refractivity contribution < 1.29 is 19.1 Å². The lowest BCUT2D eigenvalue weighted by atomic mass is 9.82. The van der Waals surface area contributed by atoms with Crippen LogP contribution in [0.2, 0.25) is 0 Å². The molecule has 0 unspecified atom stereocenters. The third-order valence-corrected chi connectivity index (χ3v) is 6.83. The number of nitrogens with zero attached hydrogens (tertiary/aromatic N) is 1. The molecule has 4 rings (SSSR count). The fourth-order valence-electron chi connectivity index (χ4n) is 3.97. The molecule has 1 aromatic rings. The van der Waals surface area contributed by atoms with Gasteiger partial charge in [-0.1, -0.05) is 0 Å². The minimum absolute atomic E-state index is 0.0436. The van der Waals surface area contributed by atoms with E-state index in [1.165, 1.54) is 10.4 Å². The van der Waals surface area contributed by atoms with E-state index >= 15 is 0 Å². The van der Waals surface area contributed by atoms with Crippen molar-refractivity contribution in [2.24, 2.45) is 5.92 Å². The van der Waals surface area contributed by atoms with Gasteiger partial charge in [-0.05, 0) is 37.3 Å². The predicted molar refractivity (Wildman–Crippen MR) is 98.4 cm³/mol. The Bertz CT molecular complexity index is 690. The second-order valence-electron chi connectivity index (χ2n) is 7.39. The average Bonchev–Trinajstić information content (AvgIpc) is 3.41. The van der Waals surface area contributed by atoms with E-state index in [1.807, 2.05) is 11.0 Å². The van der Waals surface area contributed by atoms with E-state index in [0.717, 1.165) is 50.1 Å². The number of thiophene rings is 1. The van der Waals surface area contributed by atoms with E-state index in [9.17, 15) is 9.59 Å². The maximum absolute atomic E-state index is 12.4. The van der Waals surface area contributed by atoms with Crippen molar-refractivity contribution >= 4 is 23.2 Å². The molecule has 0 atom stereocenters. The van der Waals surface area contributed by atoms with Gasteiger partial charge in [-0.25, -0.2) is 0 Å². The highest BCUT2D eigenvalue weighted by molar-refractivity contribution is 7.14. The SMILES string of the molecule is COCCNC(=O)c1cc2c(s1)CCOC21CCN(C(=O)C2CC2)CC1. The molecule has 0 aromatic carbocycles. The molecule has 1 saturated heterocycles. The van der Waals surface area contributed by atoms with Gasteiger partial charge in [0.1, 0.15) is 0 Å². The van der Waals surface area contributed by atoms with Gasteiger partial charge in [-0.3, -0.25) is 9.59 Å². The number of nitrogens with one attached hydrogen (secondary N) is 1. The van der Waals surface area contributed by atoms with Crippen molar-refractivity contribution in [3.8, 4) is 0 Å². The predicted octanol–water partition coefficient (Wildman–Crippen LogP) is 1.92. The van der Waals surface area contributed by atoms with Gasteiger partial charge in [-0.2, -0.15) is 0 Å². The maximum atomic E-state index is 12.4. The number of methoxy groups -OCH3 is 1. The van der Waals surface area contributed by atoms with Crippen LogP contribution >= 0.6 is 11.3 Å². The summed E-state index contributed by atoms with van der Waals surface area (Å²) in [6.45, 7) is 3.21. The Morgan fingerprint density at radius 2 is 2.15 bits per heavy atom. The first-order valence-corrected chi connectivity index (χ1v) is 10.3. The number of hydrogen-bond donors (Lipinski definition) is 1. The largest absolute Gasteiger partial charge is 0.383 e. The number of piperidine rings is 1. The summed E-state index contributed by atoms with van der Waals surface area (Å²) in [5.74, 6) is 0.549. The van der Waals surface area contributed by atoms with Crippen molar-refractivity contribution in [3.05, 3.63) is 21.4 Å². The molecule has 142 valence electrons. The summed E-state index contributed by atoms with van der Waals surface area (Å²) in [6.07, 6.45) is 4.60. The van der Waals surface area contributed by atoms with E-state index < -0.39 is 0 Å². The third-order valence-electron chi connectivity index (χ3n) is 5.63. The highest BCUT2D eigenvalue weighted by Crippen LogP contribution is 2.45. The molecule has 1 spiro atoms. The molecular formula is C19H26N2O4S. The molecule has 6 nitrogen and oxygen atoms in total. The van der Waals surface area contributed by atoms with Gasteiger partial charge in [0.25, 0.3) is 5.91 Å². The quantitative estimate of drug-likeness (QED) is 0.795. The topological polar surface area (TPSA) is 67.9 Å². The van der Waals surface area contributed by atoms with Crippen LogP contribution in [0.1, 0.15) is 45.8 Å². The Labute approximate surface area is 157 Å². The van der Waals surface area contributed by atoms with Crippen LogP contribution in [-0.2, 0) is 26.3 Å². The Balaban J connectivity index is 1.47. The molecule has 3 aliphatic rings. The number of amides is 2. The molecule has 2 aliphatic heterocycles. The Morgan fingerprint density at radius 1 is 1.38 bits per heavy atom. The molecule has 7 heteroatoms. The molecule has 1 saturated carbocycles. The first-order chi connectivity index (χ1) is 12.6. The average molecular weight is 378 g/mol. The van der Waals surface area contributed by atoms with Crippen LogP contribution in [0.5, 0.6) is 0 Å². The van der Waals surface area contributed by atoms with Gasteiger partial charge >= 0.3 is 0 Å². The zero-order valence-corrected chi connectivity index (χ0v) is 16.0. The highest BCUT2D eigenvalue weighted by atomic mass is 32.1. The Hall–Kier alpha value is -1.44. The number of fused-ring (bicyclic) bond motifs is 2. The molecule has 0 radical (unpaired) electrons. The smallest absolute Gasteiger partial charge is 0.261 e. The van der Waals surface area contributed by atoms with Gasteiger partial charge in [0.2, 0.25) is 5.91 Å². The van der Waals surface area contributed by atoms with E-state index in [-0.39, 0.29) is 17.4 Å². The fourth-order valence-corrected chi connectivity index (χ4v) is 5.12. The molecule has 1 N–H and O–H groups in total. The maximum Gasteiger partial charge on any atom is 0.261 e. The molecule has 3 heterocycles. The van der Waals surface area contributed by atoms with E-state index in [4.69, 9.17) is 9.47 Å². The normalized spacial score (nSPS) is 21.5. The number of carbonyl (C=O) groups excluding carboxylic acids is 2. The molecule has 1 aliphatic carbocycles. The number of rotatable bonds is 5. The van der Waals surface area contributed by atoms with Crippen molar-refractivity contribution in [1.82, 2.24) is 10.2 Å². The van der Waals surface area contributed by atoms with Crippen molar-refractivity contribution in [1.29, 1.82) is 0 Å². The third kappa shape index (κ3) is 3.40. The monoisotopic (exact) mass is 378 g/mol. The minimum atomic E-state index is -0.324. The second kappa shape index (κ2) is 7.29. The summed E-state index contributed by atoms with van der Waals surface area (Å²) in [5, 5.41) is 2.89. The summed E-state index contributed by atoms with van der Waals surface area (Å²) < 4.78 is 11.2. The van der Waals surface area contributed by atoms with Crippen LogP contribution in [0.15, 0.2) is 6.07 Å². The van der Waals surface area contributed by atoms with Crippen LogP contribution in [0.3, 0.4) is 0 Å². The van der Waals surface area contributed by atoms with Crippen molar-refractivity contribution in [3.63, 3.8) is 0 Å². The highest BCUT2D eigenvalue weighted by Gasteiger charge is 2.44. The lowest BCUT2D eigenvalue weighted by Gasteiger charge is -2.44. The molecule has 0 bridgehead atoms. The minimum Gasteiger partial charge on any atom is -0.383 e. The van der Waals surface area contributed by atoms with E-state index in [1.54, 1.807) is 18.4 Å². The van der Waals surface area contributed by atoms with Gasteiger partial charge in [0, 0.05) is 44.0 Å². The number of ether oxygens (including phenoxy) is 2. The summed E-state index contributed by atoms with van der Waals surface area (Å²) >= 11 is 1.58. The van der Waals surface area contributed by atoms with Crippen LogP contribution < -0.4 is 5.32 Å². The standard InChI is InChI=1S/C19H26N2O4S/c1-24-11-7-20-17(22)16-12-14-15(26-16)4-10-25-19(14)5-8-21(9-6-19)18(23)13-2-3-13/h12-13H,2-11H2,1H3,(H,20,22). The van der Waals surface area contributed by atoms with Crippen molar-refractivity contribution in [2.75, 3.05) is 40.0 Å². The lowest BCUT2D eigenvalue weighted by Crippen LogP contribution is -2.48. The number of hydrogen-bond acceptors (Lipinski definition) is 5. The van der Waals surface area contributed by atoms with Gasteiger partial charge in [0.05, 0.1) is 23.7 Å². The van der Waals surface area contributed by atoms with Gasteiger partial charge < -0.3 is 19.7 Å². The number of likely N-dealkylation sites (tertiary alicyclic amines) is 1.